The van der Waals surface area contributed by atoms with Crippen LogP contribution < -0.4 is 15.0 Å². The number of hydrogen-bond acceptors (Lipinski definition) is 5. The zero-order chi connectivity index (χ0) is 19.9. The van der Waals surface area contributed by atoms with Crippen molar-refractivity contribution in [2.45, 2.75) is 26.5 Å². The highest BCUT2D eigenvalue weighted by Crippen LogP contribution is 2.25. The monoisotopic (exact) mass is 376 g/mol. The summed E-state index contributed by atoms with van der Waals surface area (Å²) >= 11 is 0. The third-order valence-corrected chi connectivity index (χ3v) is 3.98. The number of aromatic nitrogens is 2. The van der Waals surface area contributed by atoms with Gasteiger partial charge in [0.05, 0.1) is 11.8 Å². The fourth-order valence-corrected chi connectivity index (χ4v) is 2.70. The minimum absolute atomic E-state index is 0.00958. The van der Waals surface area contributed by atoms with E-state index in [4.69, 9.17) is 4.74 Å². The van der Waals surface area contributed by atoms with Crippen LogP contribution in [0.1, 0.15) is 29.9 Å². The van der Waals surface area contributed by atoms with Crippen LogP contribution in [0, 0.1) is 0 Å². The molecule has 0 unspecified atom stereocenters. The zero-order valence-electron chi connectivity index (χ0n) is 16.3. The van der Waals surface area contributed by atoms with Crippen molar-refractivity contribution < 1.29 is 9.53 Å². The molecule has 1 aromatic heterocycles. The molecule has 28 heavy (non-hydrogen) atoms. The first-order valence-corrected chi connectivity index (χ1v) is 9.18. The third kappa shape index (κ3) is 5.07. The van der Waals surface area contributed by atoms with Crippen LogP contribution in [0.3, 0.4) is 0 Å². The number of anilines is 2. The maximum absolute atomic E-state index is 12.7. The lowest BCUT2D eigenvalue weighted by molar-refractivity contribution is 0.102. The van der Waals surface area contributed by atoms with E-state index in [0.717, 1.165) is 5.56 Å². The molecule has 0 aliphatic heterocycles. The Labute approximate surface area is 165 Å². The average Bonchev–Trinajstić information content (AvgIpc) is 2.70. The van der Waals surface area contributed by atoms with Crippen molar-refractivity contribution >= 4 is 17.5 Å². The van der Waals surface area contributed by atoms with Crippen LogP contribution in [0.4, 0.5) is 11.6 Å². The Morgan fingerprint density at radius 2 is 1.79 bits per heavy atom. The maximum Gasteiger partial charge on any atom is 0.274 e. The van der Waals surface area contributed by atoms with E-state index in [1.165, 1.54) is 0 Å². The van der Waals surface area contributed by atoms with Gasteiger partial charge in [0.25, 0.3) is 5.91 Å². The topological polar surface area (TPSA) is 67.3 Å². The summed E-state index contributed by atoms with van der Waals surface area (Å²) < 4.78 is 5.75. The van der Waals surface area contributed by atoms with E-state index in [1.807, 2.05) is 74.3 Å². The molecule has 3 aromatic rings. The summed E-state index contributed by atoms with van der Waals surface area (Å²) in [5, 5.41) is 2.88. The predicted molar refractivity (Wildman–Crippen MR) is 111 cm³/mol. The highest BCUT2D eigenvalue weighted by Gasteiger charge is 2.14. The molecule has 0 aliphatic rings. The van der Waals surface area contributed by atoms with Gasteiger partial charge in [-0.2, -0.15) is 0 Å². The molecule has 0 bridgehead atoms. The van der Waals surface area contributed by atoms with Crippen LogP contribution in [0.2, 0.25) is 0 Å². The molecule has 1 amide bonds. The molecule has 3 rings (SSSR count). The second-order valence-corrected chi connectivity index (χ2v) is 6.70. The van der Waals surface area contributed by atoms with Crippen molar-refractivity contribution in [3.63, 3.8) is 0 Å². The Bertz CT molecular complexity index is 929. The molecule has 2 aromatic carbocycles. The number of rotatable bonds is 7. The Morgan fingerprint density at radius 1 is 1.07 bits per heavy atom. The smallest absolute Gasteiger partial charge is 0.274 e. The van der Waals surface area contributed by atoms with Crippen LogP contribution in [0.5, 0.6) is 5.75 Å². The van der Waals surface area contributed by atoms with Crippen molar-refractivity contribution in [2.75, 3.05) is 17.3 Å². The lowest BCUT2D eigenvalue weighted by atomic mass is 10.2. The van der Waals surface area contributed by atoms with Crippen molar-refractivity contribution in [1.29, 1.82) is 0 Å². The summed E-state index contributed by atoms with van der Waals surface area (Å²) in [5.74, 6) is 0.807. The Balaban J connectivity index is 1.74. The molecule has 0 atom stereocenters. The molecular weight excluding hydrogens is 352 g/mol. The first-order valence-electron chi connectivity index (χ1n) is 9.18. The van der Waals surface area contributed by atoms with Gasteiger partial charge in [-0.1, -0.05) is 42.5 Å². The fraction of sp³-hybridized carbons (Fsp3) is 0.227. The molecule has 1 N–H and O–H groups in total. The lowest BCUT2D eigenvalue weighted by Gasteiger charge is -2.18. The molecule has 0 radical (unpaired) electrons. The molecule has 0 fully saturated rings. The van der Waals surface area contributed by atoms with Crippen LogP contribution >= 0.6 is 0 Å². The number of para-hydroxylation sites is 2. The van der Waals surface area contributed by atoms with E-state index in [9.17, 15) is 4.79 Å². The van der Waals surface area contributed by atoms with Crippen molar-refractivity contribution in [3.05, 3.63) is 78.1 Å². The van der Waals surface area contributed by atoms with E-state index in [2.05, 4.69) is 15.3 Å². The van der Waals surface area contributed by atoms with Gasteiger partial charge in [0.1, 0.15) is 11.4 Å². The number of nitrogens with one attached hydrogen (secondary N) is 1. The van der Waals surface area contributed by atoms with Gasteiger partial charge in [0.2, 0.25) is 5.95 Å². The highest BCUT2D eigenvalue weighted by atomic mass is 16.5. The molecular formula is C22H24N4O2. The summed E-state index contributed by atoms with van der Waals surface area (Å²) in [4.78, 5) is 23.3. The molecule has 6 heteroatoms. The largest absolute Gasteiger partial charge is 0.489 e. The van der Waals surface area contributed by atoms with Gasteiger partial charge in [-0.05, 0) is 37.6 Å². The van der Waals surface area contributed by atoms with Gasteiger partial charge in [0, 0.05) is 19.8 Å². The predicted octanol–water partition coefficient (Wildman–Crippen LogP) is 4.15. The first-order chi connectivity index (χ1) is 13.5. The highest BCUT2D eigenvalue weighted by molar-refractivity contribution is 6.03. The molecule has 6 nitrogen and oxygen atoms in total. The third-order valence-electron chi connectivity index (χ3n) is 3.98. The van der Waals surface area contributed by atoms with Gasteiger partial charge in [-0.25, -0.2) is 9.97 Å². The Morgan fingerprint density at radius 3 is 2.54 bits per heavy atom. The molecule has 0 saturated heterocycles. The van der Waals surface area contributed by atoms with Gasteiger partial charge in [-0.15, -0.1) is 0 Å². The zero-order valence-corrected chi connectivity index (χ0v) is 16.3. The number of benzene rings is 2. The number of ether oxygens (including phenoxy) is 1. The quantitative estimate of drug-likeness (QED) is 0.671. The molecule has 144 valence electrons. The molecule has 0 aliphatic carbocycles. The normalized spacial score (nSPS) is 10.6. The van der Waals surface area contributed by atoms with Gasteiger partial charge in [-0.3, -0.25) is 4.79 Å². The second-order valence-electron chi connectivity index (χ2n) is 6.70. The van der Waals surface area contributed by atoms with E-state index in [0.29, 0.717) is 29.6 Å². The van der Waals surface area contributed by atoms with E-state index in [-0.39, 0.29) is 12.0 Å². The first kappa shape index (κ1) is 19.4. The molecule has 1 heterocycles. The summed E-state index contributed by atoms with van der Waals surface area (Å²) in [5.41, 5.74) is 2.05. The minimum atomic E-state index is -0.309. The van der Waals surface area contributed by atoms with Gasteiger partial charge in [0.15, 0.2) is 0 Å². The van der Waals surface area contributed by atoms with Crippen LogP contribution in [0.15, 0.2) is 66.9 Å². The average molecular weight is 376 g/mol. The van der Waals surface area contributed by atoms with Gasteiger partial charge >= 0.3 is 0 Å². The van der Waals surface area contributed by atoms with Crippen LogP contribution in [-0.4, -0.2) is 29.0 Å². The van der Waals surface area contributed by atoms with Gasteiger partial charge < -0.3 is 15.0 Å². The lowest BCUT2D eigenvalue weighted by Crippen LogP contribution is -2.21. The number of nitrogens with zero attached hydrogens (tertiary/aromatic N) is 3. The van der Waals surface area contributed by atoms with E-state index >= 15 is 0 Å². The van der Waals surface area contributed by atoms with Crippen molar-refractivity contribution in [3.8, 4) is 5.75 Å². The number of carbonyl (C=O) groups excluding carboxylic acids is 1. The SMILES string of the molecule is CC(C)Oc1ccccc1NC(=O)c1ccnc(N(C)Cc2ccccc2)n1. The van der Waals surface area contributed by atoms with Crippen molar-refractivity contribution in [1.82, 2.24) is 9.97 Å². The van der Waals surface area contributed by atoms with Crippen LogP contribution in [-0.2, 0) is 6.54 Å². The summed E-state index contributed by atoms with van der Waals surface area (Å²) in [6.45, 7) is 4.53. The summed E-state index contributed by atoms with van der Waals surface area (Å²) in [6.07, 6.45) is 1.60. The maximum atomic E-state index is 12.7. The number of carbonyl (C=O) groups is 1. The van der Waals surface area contributed by atoms with Crippen molar-refractivity contribution in [2.24, 2.45) is 0 Å². The standard InChI is InChI=1S/C22H24N4O2/c1-16(2)28-20-12-8-7-11-18(20)24-21(27)19-13-14-23-22(25-19)26(3)15-17-9-5-4-6-10-17/h4-14,16H,15H2,1-3H3,(H,24,27). The minimum Gasteiger partial charge on any atom is -0.489 e. The summed E-state index contributed by atoms with van der Waals surface area (Å²) in [7, 11) is 1.90. The Kier molecular flexibility index (Phi) is 6.22. The molecule has 0 spiro atoms. The van der Waals surface area contributed by atoms with E-state index in [1.54, 1.807) is 18.3 Å². The number of amides is 1. The van der Waals surface area contributed by atoms with Crippen LogP contribution in [0.25, 0.3) is 0 Å². The fourth-order valence-electron chi connectivity index (χ4n) is 2.70. The Hall–Kier alpha value is -3.41. The molecule has 0 saturated carbocycles. The number of hydrogen-bond donors (Lipinski definition) is 1. The van der Waals surface area contributed by atoms with E-state index < -0.39 is 0 Å². The second kappa shape index (κ2) is 8.99. The summed E-state index contributed by atoms with van der Waals surface area (Å²) in [6, 6.07) is 19.0.